The predicted molar refractivity (Wildman–Crippen MR) is 66.7 cm³/mol. The van der Waals surface area contributed by atoms with E-state index in [2.05, 4.69) is 19.2 Å². The lowest BCUT2D eigenvalue weighted by molar-refractivity contribution is -0.133. The lowest BCUT2D eigenvalue weighted by Crippen LogP contribution is -2.56. The number of piperazine rings is 1. The summed E-state index contributed by atoms with van der Waals surface area (Å²) in [6.07, 6.45) is 0.542. The van der Waals surface area contributed by atoms with Crippen molar-refractivity contribution in [3.63, 3.8) is 0 Å². The van der Waals surface area contributed by atoms with Crippen LogP contribution < -0.4 is 5.32 Å². The number of carbonyl (C=O) groups excluding carboxylic acids is 1. The van der Waals surface area contributed by atoms with Gasteiger partial charge in [-0.05, 0) is 36.2 Å². The number of hydrogen-bond donors (Lipinski definition) is 1. The van der Waals surface area contributed by atoms with Gasteiger partial charge in [-0.1, -0.05) is 0 Å². The zero-order valence-electron chi connectivity index (χ0n) is 9.77. The molecule has 1 aromatic heterocycles. The third-order valence-electron chi connectivity index (χ3n) is 3.02. The summed E-state index contributed by atoms with van der Waals surface area (Å²) in [7, 11) is 0. The van der Waals surface area contributed by atoms with Crippen molar-refractivity contribution < 1.29 is 4.79 Å². The van der Waals surface area contributed by atoms with Crippen molar-refractivity contribution in [3.8, 4) is 0 Å². The van der Waals surface area contributed by atoms with E-state index in [9.17, 15) is 4.79 Å². The minimum Gasteiger partial charge on any atom is -0.337 e. The number of thiophene rings is 1. The van der Waals surface area contributed by atoms with Crippen molar-refractivity contribution in [1.29, 1.82) is 0 Å². The van der Waals surface area contributed by atoms with E-state index in [0.29, 0.717) is 18.5 Å². The fourth-order valence-electron chi connectivity index (χ4n) is 2.04. The first-order valence-corrected chi connectivity index (χ1v) is 6.65. The van der Waals surface area contributed by atoms with Crippen LogP contribution in [0.3, 0.4) is 0 Å². The first-order chi connectivity index (χ1) is 7.66. The molecule has 1 fully saturated rings. The van der Waals surface area contributed by atoms with Crippen molar-refractivity contribution in [1.82, 2.24) is 10.2 Å². The number of hydrogen-bond acceptors (Lipinski definition) is 3. The first kappa shape index (κ1) is 11.6. The van der Waals surface area contributed by atoms with E-state index in [4.69, 9.17) is 0 Å². The SMILES string of the molecule is CC1CN(C(=O)Cc2ccsc2)C(C)CN1. The van der Waals surface area contributed by atoms with E-state index in [0.717, 1.165) is 18.7 Å². The lowest BCUT2D eigenvalue weighted by Gasteiger charge is -2.37. The number of carbonyl (C=O) groups is 1. The highest BCUT2D eigenvalue weighted by molar-refractivity contribution is 7.07. The van der Waals surface area contributed by atoms with E-state index >= 15 is 0 Å². The molecule has 1 aromatic rings. The fraction of sp³-hybridized carbons (Fsp3) is 0.583. The quantitative estimate of drug-likeness (QED) is 0.847. The van der Waals surface area contributed by atoms with E-state index in [-0.39, 0.29) is 5.91 Å². The van der Waals surface area contributed by atoms with Crippen LogP contribution in [0.15, 0.2) is 16.8 Å². The van der Waals surface area contributed by atoms with Gasteiger partial charge in [0.15, 0.2) is 0 Å². The van der Waals surface area contributed by atoms with Crippen molar-refractivity contribution >= 4 is 17.2 Å². The Bertz CT molecular complexity index is 350. The summed E-state index contributed by atoms with van der Waals surface area (Å²) in [6, 6.07) is 2.74. The molecule has 1 aliphatic rings. The van der Waals surface area contributed by atoms with Crippen molar-refractivity contribution in [2.75, 3.05) is 13.1 Å². The highest BCUT2D eigenvalue weighted by Gasteiger charge is 2.26. The lowest BCUT2D eigenvalue weighted by atomic mass is 10.1. The van der Waals surface area contributed by atoms with Crippen LogP contribution in [0, 0.1) is 0 Å². The largest absolute Gasteiger partial charge is 0.337 e. The van der Waals surface area contributed by atoms with Crippen LogP contribution in [0.5, 0.6) is 0 Å². The van der Waals surface area contributed by atoms with Crippen LogP contribution in [0.25, 0.3) is 0 Å². The summed E-state index contributed by atoms with van der Waals surface area (Å²) in [6.45, 7) is 5.95. The topological polar surface area (TPSA) is 32.3 Å². The second-order valence-corrected chi connectivity index (χ2v) is 5.29. The molecule has 0 aromatic carbocycles. The van der Waals surface area contributed by atoms with Gasteiger partial charge >= 0.3 is 0 Å². The molecule has 0 radical (unpaired) electrons. The van der Waals surface area contributed by atoms with E-state index in [1.807, 2.05) is 21.7 Å². The molecule has 3 nitrogen and oxygen atoms in total. The smallest absolute Gasteiger partial charge is 0.227 e. The second kappa shape index (κ2) is 4.97. The minimum atomic E-state index is 0.249. The number of nitrogens with one attached hydrogen (secondary N) is 1. The molecule has 4 heteroatoms. The zero-order valence-corrected chi connectivity index (χ0v) is 10.6. The van der Waals surface area contributed by atoms with Gasteiger partial charge in [0.05, 0.1) is 6.42 Å². The van der Waals surface area contributed by atoms with Crippen LogP contribution in [-0.4, -0.2) is 36.0 Å². The Morgan fingerprint density at radius 2 is 2.44 bits per heavy atom. The molecular weight excluding hydrogens is 220 g/mol. The standard InChI is InChI=1S/C12H18N2OS/c1-9-7-14(10(2)6-13-9)12(15)5-11-3-4-16-8-11/h3-4,8-10,13H,5-7H2,1-2H3. The van der Waals surface area contributed by atoms with E-state index in [1.54, 1.807) is 11.3 Å². The molecule has 1 amide bonds. The van der Waals surface area contributed by atoms with Crippen LogP contribution in [0.2, 0.25) is 0 Å². The van der Waals surface area contributed by atoms with Gasteiger partial charge in [-0.15, -0.1) is 0 Å². The normalized spacial score (nSPS) is 25.8. The molecule has 88 valence electrons. The zero-order chi connectivity index (χ0) is 11.5. The summed E-state index contributed by atoms with van der Waals surface area (Å²) in [5, 5.41) is 7.45. The molecule has 0 aliphatic carbocycles. The van der Waals surface area contributed by atoms with Crippen LogP contribution in [-0.2, 0) is 11.2 Å². The molecule has 0 saturated carbocycles. The predicted octanol–water partition coefficient (Wildman–Crippen LogP) is 1.50. The first-order valence-electron chi connectivity index (χ1n) is 5.70. The molecule has 1 aliphatic heterocycles. The highest BCUT2D eigenvalue weighted by atomic mass is 32.1. The number of amides is 1. The maximum absolute atomic E-state index is 12.1. The molecular formula is C12H18N2OS. The molecule has 1 N–H and O–H groups in total. The molecule has 0 bridgehead atoms. The van der Waals surface area contributed by atoms with Gasteiger partial charge in [-0.2, -0.15) is 11.3 Å². The number of rotatable bonds is 2. The van der Waals surface area contributed by atoms with Gasteiger partial charge in [0.2, 0.25) is 5.91 Å². The fourth-order valence-corrected chi connectivity index (χ4v) is 2.71. The van der Waals surface area contributed by atoms with Gasteiger partial charge in [0.25, 0.3) is 0 Å². The van der Waals surface area contributed by atoms with Crippen molar-refractivity contribution in [3.05, 3.63) is 22.4 Å². The van der Waals surface area contributed by atoms with Gasteiger partial charge < -0.3 is 10.2 Å². The molecule has 2 unspecified atom stereocenters. The second-order valence-electron chi connectivity index (χ2n) is 4.51. The minimum absolute atomic E-state index is 0.249. The van der Waals surface area contributed by atoms with Crippen molar-refractivity contribution in [2.45, 2.75) is 32.4 Å². The molecule has 16 heavy (non-hydrogen) atoms. The Morgan fingerprint density at radius 1 is 1.62 bits per heavy atom. The highest BCUT2D eigenvalue weighted by Crippen LogP contribution is 2.12. The summed E-state index contributed by atoms with van der Waals surface area (Å²) in [5.74, 6) is 0.249. The molecule has 0 spiro atoms. The third kappa shape index (κ3) is 2.62. The summed E-state index contributed by atoms with van der Waals surface area (Å²) < 4.78 is 0. The summed E-state index contributed by atoms with van der Waals surface area (Å²) in [4.78, 5) is 14.1. The van der Waals surface area contributed by atoms with Gasteiger partial charge in [-0.25, -0.2) is 0 Å². The Kier molecular flexibility index (Phi) is 3.61. The molecule has 2 atom stereocenters. The Labute approximate surface area is 100 Å². The average molecular weight is 238 g/mol. The van der Waals surface area contributed by atoms with Crippen molar-refractivity contribution in [2.24, 2.45) is 0 Å². The summed E-state index contributed by atoms with van der Waals surface area (Å²) >= 11 is 1.65. The van der Waals surface area contributed by atoms with E-state index in [1.165, 1.54) is 0 Å². The Morgan fingerprint density at radius 3 is 3.12 bits per heavy atom. The maximum Gasteiger partial charge on any atom is 0.227 e. The third-order valence-corrected chi connectivity index (χ3v) is 3.75. The monoisotopic (exact) mass is 238 g/mol. The Hall–Kier alpha value is -0.870. The van der Waals surface area contributed by atoms with Crippen LogP contribution >= 0.6 is 11.3 Å². The van der Waals surface area contributed by atoms with Gasteiger partial charge in [0, 0.05) is 25.2 Å². The van der Waals surface area contributed by atoms with Crippen LogP contribution in [0.1, 0.15) is 19.4 Å². The molecule has 1 saturated heterocycles. The van der Waals surface area contributed by atoms with Gasteiger partial charge in [-0.3, -0.25) is 4.79 Å². The van der Waals surface area contributed by atoms with Gasteiger partial charge in [0.1, 0.15) is 0 Å². The Balaban J connectivity index is 1.97. The summed E-state index contributed by atoms with van der Waals surface area (Å²) in [5.41, 5.74) is 1.13. The number of nitrogens with zero attached hydrogens (tertiary/aromatic N) is 1. The molecule has 2 heterocycles. The van der Waals surface area contributed by atoms with E-state index < -0.39 is 0 Å². The van der Waals surface area contributed by atoms with Crippen LogP contribution in [0.4, 0.5) is 0 Å². The molecule has 2 rings (SSSR count). The maximum atomic E-state index is 12.1. The average Bonchev–Trinajstić information content (AvgIpc) is 2.74.